The molecule has 0 saturated heterocycles. The molecule has 4 aliphatic rings. The van der Waals surface area contributed by atoms with Gasteiger partial charge in [0.15, 0.2) is 0 Å². The maximum absolute atomic E-state index is 6.51. The number of hydrogen-bond donors (Lipinski definition) is 0. The van der Waals surface area contributed by atoms with E-state index in [4.69, 9.17) is 4.42 Å². The zero-order valence-electron chi connectivity index (χ0n) is 30.6. The standard InChI is InChI=1S/C50H42N2O/c1-5-50-23-11-10-16-46(50)52(43-20-17-31(4)24-40(43)50)42-15-9-6-12-36(42)35-26-32(25-34(27-35)30(2)3)29-51-41-14-8-7-13-37(41)38-19-22-45-48(49(38)51)47-39-28-33(39)18-21-44(47)53-45/h6-23,25-27,31,46H,2,5,24,28-29H2,1,3-4H3. The molecule has 7 aromatic rings. The minimum atomic E-state index is 0.00213. The summed E-state index contributed by atoms with van der Waals surface area (Å²) in [6.45, 7) is 12.0. The van der Waals surface area contributed by atoms with Crippen molar-refractivity contribution in [2.24, 2.45) is 11.3 Å². The summed E-state index contributed by atoms with van der Waals surface area (Å²) in [5, 5.41) is 5.08. The fourth-order valence-corrected chi connectivity index (χ4v) is 10.1. The van der Waals surface area contributed by atoms with Crippen molar-refractivity contribution in [1.82, 2.24) is 4.57 Å². The summed E-state index contributed by atoms with van der Waals surface area (Å²) in [5.74, 6) is 0.538. The first kappa shape index (κ1) is 30.8. The smallest absolute Gasteiger partial charge is 0.137 e. The Hall–Kier alpha value is -5.80. The second-order valence-electron chi connectivity index (χ2n) is 15.9. The van der Waals surface area contributed by atoms with Gasteiger partial charge < -0.3 is 13.9 Å². The number of allylic oxidation sites excluding steroid dienone is 5. The van der Waals surface area contributed by atoms with Crippen molar-refractivity contribution in [3.05, 3.63) is 168 Å². The van der Waals surface area contributed by atoms with Crippen molar-refractivity contribution in [2.45, 2.75) is 52.6 Å². The van der Waals surface area contributed by atoms with Crippen LogP contribution in [0.3, 0.4) is 0 Å². The van der Waals surface area contributed by atoms with E-state index in [1.807, 2.05) is 0 Å². The second-order valence-corrected chi connectivity index (χ2v) is 15.9. The van der Waals surface area contributed by atoms with Gasteiger partial charge in [0.05, 0.1) is 16.9 Å². The van der Waals surface area contributed by atoms with Gasteiger partial charge in [0.1, 0.15) is 11.2 Å². The van der Waals surface area contributed by atoms with Gasteiger partial charge >= 0.3 is 0 Å². The van der Waals surface area contributed by atoms with E-state index in [1.165, 1.54) is 77.3 Å². The zero-order chi connectivity index (χ0) is 35.6. The summed E-state index contributed by atoms with van der Waals surface area (Å²) in [6.07, 6.45) is 17.5. The Morgan fingerprint density at radius 1 is 0.887 bits per heavy atom. The molecule has 1 aliphatic heterocycles. The van der Waals surface area contributed by atoms with Crippen molar-refractivity contribution in [3.8, 4) is 11.1 Å². The van der Waals surface area contributed by atoms with E-state index in [1.54, 1.807) is 5.57 Å². The summed E-state index contributed by atoms with van der Waals surface area (Å²) in [6, 6.07) is 34.1. The van der Waals surface area contributed by atoms with Gasteiger partial charge in [-0.05, 0) is 120 Å². The Morgan fingerprint density at radius 2 is 1.72 bits per heavy atom. The zero-order valence-corrected chi connectivity index (χ0v) is 30.6. The van der Waals surface area contributed by atoms with Crippen molar-refractivity contribution < 1.29 is 4.42 Å². The van der Waals surface area contributed by atoms with Crippen LogP contribution in [-0.2, 0) is 13.0 Å². The van der Waals surface area contributed by atoms with Gasteiger partial charge in [0.2, 0.25) is 0 Å². The summed E-state index contributed by atoms with van der Waals surface area (Å²) < 4.78 is 9.05. The van der Waals surface area contributed by atoms with E-state index in [2.05, 4.69) is 164 Å². The van der Waals surface area contributed by atoms with Gasteiger partial charge in [-0.2, -0.15) is 0 Å². The number of para-hydroxylation sites is 2. The van der Waals surface area contributed by atoms with Gasteiger partial charge in [0, 0.05) is 50.6 Å². The molecule has 3 unspecified atom stereocenters. The van der Waals surface area contributed by atoms with E-state index in [9.17, 15) is 0 Å². The first-order valence-electron chi connectivity index (χ1n) is 19.3. The predicted molar refractivity (Wildman–Crippen MR) is 222 cm³/mol. The molecule has 3 atom stereocenters. The highest BCUT2D eigenvalue weighted by atomic mass is 16.3. The summed E-state index contributed by atoms with van der Waals surface area (Å²) >= 11 is 0. The van der Waals surface area contributed by atoms with E-state index in [0.717, 1.165) is 42.5 Å². The average molecular weight is 687 g/mol. The third-order valence-electron chi connectivity index (χ3n) is 12.7. The maximum Gasteiger partial charge on any atom is 0.137 e. The molecule has 0 spiro atoms. The fraction of sp³-hybridized carbons (Fsp3) is 0.200. The highest BCUT2D eigenvalue weighted by Crippen LogP contribution is 2.56. The van der Waals surface area contributed by atoms with Crippen molar-refractivity contribution in [2.75, 3.05) is 4.90 Å². The molecular formula is C50H42N2O. The highest BCUT2D eigenvalue weighted by molar-refractivity contribution is 6.25. The van der Waals surface area contributed by atoms with E-state index in [-0.39, 0.29) is 11.5 Å². The molecule has 3 aliphatic carbocycles. The molecule has 3 heterocycles. The number of furan rings is 1. The highest BCUT2D eigenvalue weighted by Gasteiger charge is 2.50. The van der Waals surface area contributed by atoms with E-state index >= 15 is 0 Å². The molecule has 2 aromatic heterocycles. The van der Waals surface area contributed by atoms with Gasteiger partial charge in [-0.1, -0.05) is 98.8 Å². The molecule has 0 radical (unpaired) electrons. The quantitative estimate of drug-likeness (QED) is 0.174. The van der Waals surface area contributed by atoms with Crippen LogP contribution in [0.25, 0.3) is 60.4 Å². The molecular weight excluding hydrogens is 645 g/mol. The number of anilines is 1. The second kappa shape index (κ2) is 11.1. The normalized spacial score (nSPS) is 21.3. The largest absolute Gasteiger partial charge is 0.456 e. The minimum Gasteiger partial charge on any atom is -0.456 e. The number of hydrogen-bond acceptors (Lipinski definition) is 2. The van der Waals surface area contributed by atoms with Gasteiger partial charge in [-0.25, -0.2) is 0 Å². The van der Waals surface area contributed by atoms with Crippen LogP contribution in [0.1, 0.15) is 55.9 Å². The lowest BCUT2D eigenvalue weighted by Gasteiger charge is -2.39. The number of rotatable bonds is 6. The van der Waals surface area contributed by atoms with Gasteiger partial charge in [-0.3, -0.25) is 0 Å². The Labute approximate surface area is 310 Å². The Kier molecular flexibility index (Phi) is 6.45. The van der Waals surface area contributed by atoms with E-state index < -0.39 is 0 Å². The SMILES string of the molecule is C=C(C)c1cc(Cn2c3ccccc3c3ccc4oc5ccc6c(c5c4c32)C6)cc(-c2ccccc2N2C3=C(CC(C)C=C3)C3(CC)C=CC=CC23)c1. The topological polar surface area (TPSA) is 21.3 Å². The lowest BCUT2D eigenvalue weighted by atomic mass is 9.68. The van der Waals surface area contributed by atoms with Crippen LogP contribution < -0.4 is 4.90 Å². The summed E-state index contributed by atoms with van der Waals surface area (Å²) in [7, 11) is 0. The van der Waals surface area contributed by atoms with E-state index in [0.29, 0.717) is 5.92 Å². The lowest BCUT2D eigenvalue weighted by molar-refractivity contribution is 0.394. The molecule has 0 bridgehead atoms. The maximum atomic E-state index is 6.51. The lowest BCUT2D eigenvalue weighted by Crippen LogP contribution is -2.40. The monoisotopic (exact) mass is 686 g/mol. The van der Waals surface area contributed by atoms with Crippen molar-refractivity contribution >= 4 is 55.0 Å². The number of aromatic nitrogens is 1. The molecule has 0 N–H and O–H groups in total. The van der Waals surface area contributed by atoms with Gasteiger partial charge in [-0.15, -0.1) is 0 Å². The third-order valence-corrected chi connectivity index (χ3v) is 12.7. The van der Waals surface area contributed by atoms with Crippen LogP contribution in [0.4, 0.5) is 5.69 Å². The molecule has 5 aromatic carbocycles. The molecule has 0 amide bonds. The average Bonchev–Trinajstić information content (AvgIpc) is 3.67. The molecule has 11 rings (SSSR count). The first-order valence-corrected chi connectivity index (χ1v) is 19.3. The molecule has 3 nitrogen and oxygen atoms in total. The predicted octanol–water partition coefficient (Wildman–Crippen LogP) is 12.9. The number of benzene rings is 5. The van der Waals surface area contributed by atoms with Crippen LogP contribution in [0.2, 0.25) is 0 Å². The van der Waals surface area contributed by atoms with Crippen LogP contribution in [0.5, 0.6) is 0 Å². The Balaban J connectivity index is 1.11. The van der Waals surface area contributed by atoms with Crippen LogP contribution >= 0.6 is 0 Å². The Morgan fingerprint density at radius 3 is 2.60 bits per heavy atom. The summed E-state index contributed by atoms with van der Waals surface area (Å²) in [5.41, 5.74) is 17.5. The fourth-order valence-electron chi connectivity index (χ4n) is 10.1. The molecule has 3 heteroatoms. The first-order chi connectivity index (χ1) is 25.9. The minimum absolute atomic E-state index is 0.00213. The van der Waals surface area contributed by atoms with Crippen LogP contribution in [0, 0.1) is 11.3 Å². The summed E-state index contributed by atoms with van der Waals surface area (Å²) in [4.78, 5) is 2.64. The van der Waals surface area contributed by atoms with Crippen LogP contribution in [-0.4, -0.2) is 10.6 Å². The molecule has 0 fully saturated rings. The number of fused-ring (bicyclic) bond motifs is 11. The third kappa shape index (κ3) is 4.34. The molecule has 0 saturated carbocycles. The molecule has 258 valence electrons. The van der Waals surface area contributed by atoms with Crippen molar-refractivity contribution in [3.63, 3.8) is 0 Å². The van der Waals surface area contributed by atoms with Crippen molar-refractivity contribution in [1.29, 1.82) is 0 Å². The van der Waals surface area contributed by atoms with Crippen LogP contribution in [0.15, 0.2) is 150 Å². The van der Waals surface area contributed by atoms with Gasteiger partial charge in [0.25, 0.3) is 0 Å². The Bertz CT molecular complexity index is 2870. The number of nitrogens with zero attached hydrogens (tertiary/aromatic N) is 2. The molecule has 53 heavy (non-hydrogen) atoms.